The number of benzene rings is 1. The zero-order valence-electron chi connectivity index (χ0n) is 13.7. The molecule has 3 amide bonds. The maximum Gasteiger partial charge on any atom is 0.319 e. The van der Waals surface area contributed by atoms with Gasteiger partial charge in [0.15, 0.2) is 6.61 Å². The Kier molecular flexibility index (Phi) is 7.22. The summed E-state index contributed by atoms with van der Waals surface area (Å²) in [5.41, 5.74) is 0.622. The standard InChI is InChI=1S/C16H25N3O3/c1-12(2)8-9-17-16(21)18-13-6-5-7-14(10-13)22-11-15(20)19(3)4/h5-7,10,12H,8-9,11H2,1-4H3,(H2,17,18,21). The van der Waals surface area contributed by atoms with E-state index in [9.17, 15) is 9.59 Å². The van der Waals surface area contributed by atoms with Gasteiger partial charge in [-0.25, -0.2) is 4.79 Å². The smallest absolute Gasteiger partial charge is 0.319 e. The summed E-state index contributed by atoms with van der Waals surface area (Å²) >= 11 is 0. The van der Waals surface area contributed by atoms with Crippen LogP contribution in [0, 0.1) is 5.92 Å². The lowest BCUT2D eigenvalue weighted by atomic mass is 10.1. The monoisotopic (exact) mass is 307 g/mol. The summed E-state index contributed by atoms with van der Waals surface area (Å²) < 4.78 is 5.40. The SMILES string of the molecule is CC(C)CCNC(=O)Nc1cccc(OCC(=O)N(C)C)c1. The third-order valence-electron chi connectivity index (χ3n) is 2.96. The lowest BCUT2D eigenvalue weighted by Crippen LogP contribution is -2.30. The zero-order valence-corrected chi connectivity index (χ0v) is 13.7. The molecule has 0 radical (unpaired) electrons. The van der Waals surface area contributed by atoms with Crippen LogP contribution in [0.15, 0.2) is 24.3 Å². The average molecular weight is 307 g/mol. The molecule has 6 heteroatoms. The van der Waals surface area contributed by atoms with Gasteiger partial charge in [-0.3, -0.25) is 4.79 Å². The number of likely N-dealkylation sites (N-methyl/N-ethyl adjacent to an activating group) is 1. The Labute approximate surface area is 131 Å². The molecule has 0 bridgehead atoms. The molecule has 0 aliphatic carbocycles. The minimum absolute atomic E-state index is 0.0307. The lowest BCUT2D eigenvalue weighted by Gasteiger charge is -2.12. The zero-order chi connectivity index (χ0) is 16.5. The van der Waals surface area contributed by atoms with Crippen molar-refractivity contribution in [1.82, 2.24) is 10.2 Å². The molecule has 0 aromatic heterocycles. The van der Waals surface area contributed by atoms with Crippen molar-refractivity contribution in [2.45, 2.75) is 20.3 Å². The fraction of sp³-hybridized carbons (Fsp3) is 0.500. The van der Waals surface area contributed by atoms with E-state index in [1.807, 2.05) is 0 Å². The average Bonchev–Trinajstić information content (AvgIpc) is 2.44. The minimum Gasteiger partial charge on any atom is -0.484 e. The number of rotatable bonds is 7. The molecule has 0 saturated carbocycles. The molecule has 0 heterocycles. The van der Waals surface area contributed by atoms with Gasteiger partial charge < -0.3 is 20.3 Å². The van der Waals surface area contributed by atoms with Crippen molar-refractivity contribution in [3.63, 3.8) is 0 Å². The highest BCUT2D eigenvalue weighted by Crippen LogP contribution is 2.17. The van der Waals surface area contributed by atoms with E-state index in [4.69, 9.17) is 4.74 Å². The lowest BCUT2D eigenvalue weighted by molar-refractivity contribution is -0.130. The Balaban J connectivity index is 2.46. The first-order chi connectivity index (χ1) is 10.4. The number of carbonyl (C=O) groups excluding carboxylic acids is 2. The quantitative estimate of drug-likeness (QED) is 0.812. The molecular weight excluding hydrogens is 282 g/mol. The Morgan fingerprint density at radius 3 is 2.64 bits per heavy atom. The highest BCUT2D eigenvalue weighted by Gasteiger charge is 2.06. The van der Waals surface area contributed by atoms with Crippen LogP contribution in [0.3, 0.4) is 0 Å². The number of nitrogens with zero attached hydrogens (tertiary/aromatic N) is 1. The summed E-state index contributed by atoms with van der Waals surface area (Å²) in [4.78, 5) is 24.7. The van der Waals surface area contributed by atoms with E-state index in [0.29, 0.717) is 23.9 Å². The van der Waals surface area contributed by atoms with Gasteiger partial charge in [-0.1, -0.05) is 19.9 Å². The van der Waals surface area contributed by atoms with Gasteiger partial charge in [-0.15, -0.1) is 0 Å². The van der Waals surface area contributed by atoms with Crippen LogP contribution in [0.4, 0.5) is 10.5 Å². The van der Waals surface area contributed by atoms with Crippen LogP contribution in [0.1, 0.15) is 20.3 Å². The van der Waals surface area contributed by atoms with E-state index in [-0.39, 0.29) is 18.5 Å². The van der Waals surface area contributed by atoms with Gasteiger partial charge in [0.1, 0.15) is 5.75 Å². The number of hydrogen-bond acceptors (Lipinski definition) is 3. The highest BCUT2D eigenvalue weighted by molar-refractivity contribution is 5.89. The summed E-state index contributed by atoms with van der Waals surface area (Å²) in [6.07, 6.45) is 0.934. The van der Waals surface area contributed by atoms with Gasteiger partial charge in [0.25, 0.3) is 5.91 Å². The Morgan fingerprint density at radius 2 is 2.00 bits per heavy atom. The first-order valence-corrected chi connectivity index (χ1v) is 7.36. The molecule has 1 aromatic rings. The number of hydrogen-bond donors (Lipinski definition) is 2. The van der Waals surface area contributed by atoms with Gasteiger partial charge >= 0.3 is 6.03 Å². The number of carbonyl (C=O) groups is 2. The van der Waals surface area contributed by atoms with Gasteiger partial charge in [-0.05, 0) is 24.5 Å². The first kappa shape index (κ1) is 17.8. The third kappa shape index (κ3) is 6.97. The van der Waals surface area contributed by atoms with E-state index in [1.165, 1.54) is 4.90 Å². The molecule has 0 unspecified atom stereocenters. The summed E-state index contributed by atoms with van der Waals surface area (Å²) in [5, 5.41) is 5.54. The fourth-order valence-electron chi connectivity index (χ4n) is 1.59. The first-order valence-electron chi connectivity index (χ1n) is 7.36. The molecular formula is C16H25N3O3. The molecule has 2 N–H and O–H groups in total. The summed E-state index contributed by atoms with van der Waals surface area (Å²) in [6, 6.07) is 6.71. The van der Waals surface area contributed by atoms with Gasteiger partial charge in [-0.2, -0.15) is 0 Å². The second-order valence-corrected chi connectivity index (χ2v) is 5.67. The molecule has 0 fully saturated rings. The maximum atomic E-state index is 11.7. The highest BCUT2D eigenvalue weighted by atomic mass is 16.5. The van der Waals surface area contributed by atoms with Crippen LogP contribution in [0.25, 0.3) is 0 Å². The van der Waals surface area contributed by atoms with Crippen molar-refractivity contribution < 1.29 is 14.3 Å². The largest absolute Gasteiger partial charge is 0.484 e. The predicted octanol–water partition coefficient (Wildman–Crippen LogP) is 2.32. The minimum atomic E-state index is -0.248. The number of urea groups is 1. The van der Waals surface area contributed by atoms with E-state index < -0.39 is 0 Å². The molecule has 0 aliphatic heterocycles. The molecule has 0 aliphatic rings. The molecule has 0 saturated heterocycles. The number of anilines is 1. The molecule has 6 nitrogen and oxygen atoms in total. The molecule has 0 atom stereocenters. The molecule has 22 heavy (non-hydrogen) atoms. The van der Waals surface area contributed by atoms with Crippen molar-refractivity contribution in [3.05, 3.63) is 24.3 Å². The van der Waals surface area contributed by atoms with E-state index in [2.05, 4.69) is 24.5 Å². The summed E-state index contributed by atoms with van der Waals surface area (Å²) in [7, 11) is 3.34. The second-order valence-electron chi connectivity index (χ2n) is 5.67. The number of ether oxygens (including phenoxy) is 1. The van der Waals surface area contributed by atoms with Gasteiger partial charge in [0.2, 0.25) is 0 Å². The summed E-state index contributed by atoms with van der Waals surface area (Å²) in [5.74, 6) is 0.964. The van der Waals surface area contributed by atoms with Crippen molar-refractivity contribution in [2.24, 2.45) is 5.92 Å². The summed E-state index contributed by atoms with van der Waals surface area (Å²) in [6.45, 7) is 4.82. The Morgan fingerprint density at radius 1 is 1.27 bits per heavy atom. The molecule has 1 aromatic carbocycles. The molecule has 0 spiro atoms. The molecule has 122 valence electrons. The Bertz CT molecular complexity index is 501. The maximum absolute atomic E-state index is 11.7. The van der Waals surface area contributed by atoms with E-state index in [1.54, 1.807) is 38.4 Å². The Hall–Kier alpha value is -2.24. The fourth-order valence-corrected chi connectivity index (χ4v) is 1.59. The van der Waals surface area contributed by atoms with Crippen molar-refractivity contribution in [1.29, 1.82) is 0 Å². The molecule has 1 rings (SSSR count). The van der Waals surface area contributed by atoms with Crippen LogP contribution in [-0.2, 0) is 4.79 Å². The van der Waals surface area contributed by atoms with Crippen LogP contribution in [0.2, 0.25) is 0 Å². The van der Waals surface area contributed by atoms with Crippen molar-refractivity contribution in [2.75, 3.05) is 32.6 Å². The normalized spacial score (nSPS) is 10.2. The van der Waals surface area contributed by atoms with E-state index in [0.717, 1.165) is 6.42 Å². The van der Waals surface area contributed by atoms with Gasteiger partial charge in [0.05, 0.1) is 0 Å². The number of nitrogens with one attached hydrogen (secondary N) is 2. The van der Waals surface area contributed by atoms with E-state index >= 15 is 0 Å². The van der Waals surface area contributed by atoms with Crippen LogP contribution in [0.5, 0.6) is 5.75 Å². The van der Waals surface area contributed by atoms with Gasteiger partial charge in [0, 0.05) is 32.4 Å². The predicted molar refractivity (Wildman–Crippen MR) is 87.1 cm³/mol. The van der Waals surface area contributed by atoms with Crippen LogP contribution < -0.4 is 15.4 Å². The topological polar surface area (TPSA) is 70.7 Å². The van der Waals surface area contributed by atoms with Crippen LogP contribution >= 0.6 is 0 Å². The van der Waals surface area contributed by atoms with Crippen molar-refractivity contribution >= 4 is 17.6 Å². The van der Waals surface area contributed by atoms with Crippen molar-refractivity contribution in [3.8, 4) is 5.75 Å². The number of amides is 3. The third-order valence-corrected chi connectivity index (χ3v) is 2.96. The van der Waals surface area contributed by atoms with Crippen LogP contribution in [-0.4, -0.2) is 44.1 Å². The second kappa shape index (κ2) is 8.92.